The predicted octanol–water partition coefficient (Wildman–Crippen LogP) is 3.05. The highest BCUT2D eigenvalue weighted by molar-refractivity contribution is 6.37. The topological polar surface area (TPSA) is 35.9 Å². The van der Waals surface area contributed by atoms with E-state index in [0.29, 0.717) is 5.56 Å². The first-order valence-electron chi connectivity index (χ1n) is 5.72. The maximum Gasteiger partial charge on any atom is 0.205 e. The number of carbonyl (C=O) groups excluding carboxylic acids is 1. The molecule has 0 spiro atoms. The van der Waals surface area contributed by atoms with Gasteiger partial charge in [0, 0.05) is 23.8 Å². The highest BCUT2D eigenvalue weighted by Gasteiger charge is 2.43. The van der Waals surface area contributed by atoms with E-state index in [2.05, 4.69) is 11.7 Å². The molecule has 0 aliphatic carbocycles. The van der Waals surface area contributed by atoms with Crippen LogP contribution in [0.1, 0.15) is 16.8 Å². The summed E-state index contributed by atoms with van der Waals surface area (Å²) < 4.78 is 1.33. The van der Waals surface area contributed by atoms with Gasteiger partial charge in [-0.3, -0.25) is 9.21 Å². The molecule has 1 unspecified atom stereocenters. The van der Waals surface area contributed by atoms with E-state index in [9.17, 15) is 4.79 Å². The molecule has 100 valence electrons. The summed E-state index contributed by atoms with van der Waals surface area (Å²) in [7, 11) is 0. The van der Waals surface area contributed by atoms with Crippen LogP contribution >= 0.6 is 23.4 Å². The lowest BCUT2D eigenvalue weighted by Crippen LogP contribution is -2.47. The van der Waals surface area contributed by atoms with Gasteiger partial charge in [0.1, 0.15) is 13.0 Å². The molecular formula is C13H13Cl2N3O. The summed E-state index contributed by atoms with van der Waals surface area (Å²) in [6.07, 6.45) is 3.28. The van der Waals surface area contributed by atoms with Crippen molar-refractivity contribution in [2.75, 3.05) is 6.67 Å². The first kappa shape index (κ1) is 13.9. The second-order valence-corrected chi connectivity index (χ2v) is 5.18. The number of hydrogen-bond donors (Lipinski definition) is 0. The van der Waals surface area contributed by atoms with Gasteiger partial charge in [-0.2, -0.15) is 5.10 Å². The Kier molecular flexibility index (Phi) is 4.12. The van der Waals surface area contributed by atoms with Crippen molar-refractivity contribution in [1.29, 1.82) is 0 Å². The van der Waals surface area contributed by atoms with Crippen LogP contribution in [0.3, 0.4) is 0 Å². The van der Waals surface area contributed by atoms with Gasteiger partial charge in [-0.05, 0) is 0 Å². The van der Waals surface area contributed by atoms with E-state index < -0.39 is 5.00 Å². The number of benzene rings is 1. The van der Waals surface area contributed by atoms with Crippen LogP contribution in [0.2, 0.25) is 0 Å². The molecule has 19 heavy (non-hydrogen) atoms. The number of hydrazone groups is 1. The molecule has 0 amide bonds. The summed E-state index contributed by atoms with van der Waals surface area (Å²) in [4.78, 5) is 11.3. The largest absolute Gasteiger partial charge is 0.290 e. The van der Waals surface area contributed by atoms with Crippen molar-refractivity contribution in [3.05, 3.63) is 48.6 Å². The Hall–Kier alpha value is -1.52. The van der Waals surface area contributed by atoms with E-state index in [1.807, 2.05) is 6.07 Å². The Labute approximate surface area is 122 Å². The SMILES string of the molecule is C=CCC(Cl)(C(=O)c1ccccc1)N1CN(Cl)C=N1. The van der Waals surface area contributed by atoms with Crippen molar-refractivity contribution in [2.45, 2.75) is 11.4 Å². The molecular weight excluding hydrogens is 285 g/mol. The zero-order chi connectivity index (χ0) is 13.9. The third-order valence-corrected chi connectivity index (χ3v) is 3.51. The molecule has 1 aliphatic rings. The molecule has 0 aromatic heterocycles. The van der Waals surface area contributed by atoms with Gasteiger partial charge >= 0.3 is 0 Å². The van der Waals surface area contributed by atoms with Crippen LogP contribution < -0.4 is 0 Å². The lowest BCUT2D eigenvalue weighted by Gasteiger charge is -2.32. The zero-order valence-corrected chi connectivity index (χ0v) is 11.7. The van der Waals surface area contributed by atoms with Gasteiger partial charge in [0.05, 0.1) is 0 Å². The molecule has 1 aromatic rings. The Morgan fingerprint density at radius 3 is 2.68 bits per heavy atom. The van der Waals surface area contributed by atoms with Crippen LogP contribution in [0.25, 0.3) is 0 Å². The molecule has 0 saturated carbocycles. The molecule has 1 aliphatic heterocycles. The number of halogens is 2. The minimum Gasteiger partial charge on any atom is -0.290 e. The second kappa shape index (κ2) is 5.63. The van der Waals surface area contributed by atoms with Crippen molar-refractivity contribution in [3.63, 3.8) is 0 Å². The standard InChI is InChI=1S/C13H13Cl2N3O/c1-2-8-13(14,18-10-17(15)9-16-18)12(19)11-6-4-3-5-7-11/h2-7,9H,1,8,10H2. The number of rotatable bonds is 5. The van der Waals surface area contributed by atoms with Crippen LogP contribution in [0.5, 0.6) is 0 Å². The van der Waals surface area contributed by atoms with Gasteiger partial charge in [0.15, 0.2) is 5.00 Å². The summed E-state index contributed by atoms with van der Waals surface area (Å²) >= 11 is 12.3. The summed E-state index contributed by atoms with van der Waals surface area (Å²) in [5.74, 6) is -0.223. The Morgan fingerprint density at radius 2 is 2.16 bits per heavy atom. The first-order valence-corrected chi connectivity index (χ1v) is 6.43. The molecule has 0 saturated heterocycles. The number of Topliss-reactive ketones (excluding diaryl/α,β-unsaturated/α-hetero) is 1. The molecule has 1 aromatic carbocycles. The van der Waals surface area contributed by atoms with Gasteiger partial charge in [0.25, 0.3) is 0 Å². The highest BCUT2D eigenvalue weighted by atomic mass is 35.5. The molecule has 2 rings (SSSR count). The predicted molar refractivity (Wildman–Crippen MR) is 77.1 cm³/mol. The third kappa shape index (κ3) is 2.74. The fourth-order valence-electron chi connectivity index (χ4n) is 1.84. The highest BCUT2D eigenvalue weighted by Crippen LogP contribution is 2.32. The average Bonchev–Trinajstić information content (AvgIpc) is 2.86. The van der Waals surface area contributed by atoms with Crippen LogP contribution in [0.4, 0.5) is 0 Å². The Morgan fingerprint density at radius 1 is 1.47 bits per heavy atom. The average molecular weight is 298 g/mol. The van der Waals surface area contributed by atoms with Gasteiger partial charge in [-0.15, -0.1) is 6.58 Å². The third-order valence-electron chi connectivity index (χ3n) is 2.79. The van der Waals surface area contributed by atoms with Gasteiger partial charge in [-0.25, -0.2) is 5.01 Å². The van der Waals surface area contributed by atoms with E-state index in [1.54, 1.807) is 30.3 Å². The van der Waals surface area contributed by atoms with Gasteiger partial charge in [0.2, 0.25) is 5.78 Å². The van der Waals surface area contributed by atoms with E-state index in [-0.39, 0.29) is 18.9 Å². The maximum atomic E-state index is 12.6. The van der Waals surface area contributed by atoms with Crippen LogP contribution in [0, 0.1) is 0 Å². The Balaban J connectivity index is 2.31. The van der Waals surface area contributed by atoms with Crippen molar-refractivity contribution in [1.82, 2.24) is 9.43 Å². The van der Waals surface area contributed by atoms with E-state index in [0.717, 1.165) is 0 Å². The molecule has 0 N–H and O–H groups in total. The monoisotopic (exact) mass is 297 g/mol. The minimum absolute atomic E-state index is 0.223. The van der Waals surface area contributed by atoms with Crippen LogP contribution in [0.15, 0.2) is 48.1 Å². The second-order valence-electron chi connectivity index (χ2n) is 4.12. The summed E-state index contributed by atoms with van der Waals surface area (Å²) in [5.41, 5.74) is 0.530. The van der Waals surface area contributed by atoms with E-state index in [4.69, 9.17) is 23.4 Å². The van der Waals surface area contributed by atoms with Gasteiger partial charge in [-0.1, -0.05) is 48.0 Å². The molecule has 0 bridgehead atoms. The minimum atomic E-state index is -1.30. The number of alkyl halides is 1. The van der Waals surface area contributed by atoms with Crippen molar-refractivity contribution < 1.29 is 4.79 Å². The normalized spacial score (nSPS) is 17.4. The summed E-state index contributed by atoms with van der Waals surface area (Å²) in [6, 6.07) is 8.87. The smallest absolute Gasteiger partial charge is 0.205 e. The van der Waals surface area contributed by atoms with Crippen LogP contribution in [-0.2, 0) is 0 Å². The zero-order valence-electron chi connectivity index (χ0n) is 10.2. The van der Waals surface area contributed by atoms with Crippen LogP contribution in [-0.4, -0.2) is 33.2 Å². The number of carbonyl (C=O) groups is 1. The molecule has 1 atom stereocenters. The maximum absolute atomic E-state index is 12.6. The molecule has 0 fully saturated rings. The number of nitrogens with zero attached hydrogens (tertiary/aromatic N) is 3. The first-order chi connectivity index (χ1) is 9.08. The molecule has 4 nitrogen and oxygen atoms in total. The number of hydrogen-bond acceptors (Lipinski definition) is 4. The lowest BCUT2D eigenvalue weighted by atomic mass is 10.0. The quantitative estimate of drug-likeness (QED) is 0.275. The van der Waals surface area contributed by atoms with Gasteiger partial charge < -0.3 is 0 Å². The van der Waals surface area contributed by atoms with E-state index >= 15 is 0 Å². The summed E-state index contributed by atoms with van der Waals surface area (Å²) in [6.45, 7) is 3.90. The number of ketones is 1. The molecule has 0 radical (unpaired) electrons. The van der Waals surface area contributed by atoms with Crippen molar-refractivity contribution >= 4 is 35.5 Å². The Bertz CT molecular complexity index is 506. The van der Waals surface area contributed by atoms with Crippen molar-refractivity contribution in [2.24, 2.45) is 5.10 Å². The lowest BCUT2D eigenvalue weighted by molar-refractivity contribution is 0.0750. The molecule has 1 heterocycles. The van der Waals surface area contributed by atoms with Crippen molar-refractivity contribution in [3.8, 4) is 0 Å². The fourth-order valence-corrected chi connectivity index (χ4v) is 2.30. The van der Waals surface area contributed by atoms with E-state index in [1.165, 1.54) is 15.8 Å². The fraction of sp³-hybridized carbons (Fsp3) is 0.231. The summed E-state index contributed by atoms with van der Waals surface area (Å²) in [5, 5.41) is 5.51. The molecule has 6 heteroatoms.